The molecule has 3 aromatic heterocycles. The number of nitrogens with one attached hydrogen (secondary N) is 2. The second-order valence-electron chi connectivity index (χ2n) is 20.2. The lowest BCUT2D eigenvalue weighted by Crippen LogP contribution is -2.41. The van der Waals surface area contributed by atoms with Crippen LogP contribution in [0.3, 0.4) is 0 Å². The molecule has 3 fully saturated rings. The van der Waals surface area contributed by atoms with Crippen molar-refractivity contribution < 1.29 is 71.0 Å². The summed E-state index contributed by atoms with van der Waals surface area (Å²) >= 11 is 0. The summed E-state index contributed by atoms with van der Waals surface area (Å²) in [6.45, 7) is 11.4. The van der Waals surface area contributed by atoms with E-state index < -0.39 is 24.2 Å². The number of carbonyl (C=O) groups excluding carboxylic acids is 3. The molecule has 26 heteroatoms. The molecule has 5 N–H and O–H groups in total. The number of carboxylic acid groups (broad SMARTS) is 1. The highest BCUT2D eigenvalue weighted by Gasteiger charge is 2.29. The Balaban J connectivity index is 0.000000183. The number of carboxylic acids is 1. The average Bonchev–Trinajstić information content (AvgIpc) is 4.43. The van der Waals surface area contributed by atoms with E-state index in [1.54, 1.807) is 74.4 Å². The fraction of sp³-hybridized carbons (Fsp3) is 0.509. The van der Waals surface area contributed by atoms with Crippen molar-refractivity contribution >= 4 is 23.9 Å². The van der Waals surface area contributed by atoms with Gasteiger partial charge < -0.3 is 78.0 Å². The fourth-order valence-electron chi connectivity index (χ4n) is 9.12. The molecule has 0 unspecified atom stereocenters. The number of nitrogens with two attached hydrogens (primary N) is 1. The van der Waals surface area contributed by atoms with Crippen LogP contribution in [0, 0.1) is 0 Å². The van der Waals surface area contributed by atoms with Crippen LogP contribution in [0.1, 0.15) is 108 Å². The molecule has 0 bridgehead atoms. The van der Waals surface area contributed by atoms with Gasteiger partial charge in [0.15, 0.2) is 34.5 Å². The number of aromatic nitrogens is 6. The second kappa shape index (κ2) is 31.1. The lowest BCUT2D eigenvalue weighted by Gasteiger charge is -2.30. The van der Waals surface area contributed by atoms with Crippen LogP contribution in [0.2, 0.25) is 0 Å². The highest BCUT2D eigenvalue weighted by Crippen LogP contribution is 2.36. The number of ether oxygens (including phenoxy) is 7. The predicted molar refractivity (Wildman–Crippen MR) is 302 cm³/mol. The number of hydrogen-bond acceptors (Lipinski definition) is 22. The first-order valence-corrected chi connectivity index (χ1v) is 27.3. The number of rotatable bonds is 16. The maximum Gasteiger partial charge on any atom is 0.408 e. The smallest absolute Gasteiger partial charge is 0.408 e. The Morgan fingerprint density at radius 1 is 0.578 bits per heavy atom. The van der Waals surface area contributed by atoms with Crippen LogP contribution in [-0.4, -0.2) is 170 Å². The number of likely N-dealkylation sites (tertiary alicyclic amines) is 2. The zero-order valence-electron chi connectivity index (χ0n) is 48.9. The normalized spacial score (nSPS) is 14.7. The van der Waals surface area contributed by atoms with Gasteiger partial charge in [0.05, 0.1) is 49.2 Å². The molecule has 6 heterocycles. The van der Waals surface area contributed by atoms with E-state index in [2.05, 4.69) is 41.1 Å². The molecular formula is C57H77N11O15. The molecule has 0 atom stereocenters. The van der Waals surface area contributed by atoms with Crippen LogP contribution in [0.25, 0.3) is 34.2 Å². The summed E-state index contributed by atoms with van der Waals surface area (Å²) < 4.78 is 52.8. The zero-order chi connectivity index (χ0) is 60.1. The molecule has 3 aliphatic heterocycles. The standard InChI is InChI=1S/C18H23N3O4.C17H22N4O4.C15H19N3O3.C7H13NO4/c1-4-16(22)21-9-7-12(8-10-21)18-19-17(20-25-18)13-5-6-14(23-2)15(11-13)24-3;1-23-13-4-3-12(9-14(13)24-2)16-19-17(25-20-16)11-5-7-21(8-6-11)15(22)10-18;1-19-12-4-3-11(9-13(12)20-2)14-17-15(21-18-14)10-5-7-16-8-6-10;1-7(2,3)12-6(11)8-4-5(9)10/h5-6,11-12H,4,7-10H2,1-3H3;3-4,9,11H,5-8,10,18H2,1-2H3;3-4,9-10,16H,5-8H2,1-2H3;4H2,1-3H3,(H,8,11)(H,9,10). The molecule has 0 saturated carbocycles. The molecule has 0 spiro atoms. The Kier molecular flexibility index (Phi) is 23.8. The third kappa shape index (κ3) is 18.2. The third-order valence-corrected chi connectivity index (χ3v) is 13.6. The summed E-state index contributed by atoms with van der Waals surface area (Å²) in [5.41, 5.74) is 7.28. The van der Waals surface area contributed by atoms with Crippen LogP contribution in [0.5, 0.6) is 34.5 Å². The molecule has 3 amide bonds. The number of benzene rings is 3. The van der Waals surface area contributed by atoms with E-state index in [4.69, 9.17) is 57.6 Å². The summed E-state index contributed by atoms with van der Waals surface area (Å²) in [5.74, 6) is 7.26. The van der Waals surface area contributed by atoms with Crippen LogP contribution in [0.15, 0.2) is 68.2 Å². The first-order chi connectivity index (χ1) is 39.9. The van der Waals surface area contributed by atoms with Gasteiger partial charge in [0, 0.05) is 67.0 Å². The molecule has 83 heavy (non-hydrogen) atoms. The first-order valence-electron chi connectivity index (χ1n) is 27.3. The van der Waals surface area contributed by atoms with Crippen molar-refractivity contribution in [3.8, 4) is 68.7 Å². The number of piperidine rings is 3. The SMILES string of the molecule is CC(C)(C)OC(=O)NCC(=O)O.CCC(=O)N1CCC(c2nc(-c3ccc(OC)c(OC)c3)no2)CC1.COc1ccc(-c2noc(C3CCN(C(=O)CN)CC3)n2)cc1OC.COc1ccc(-c2noc(C3CCNCC3)n2)cc1OC. The summed E-state index contributed by atoms with van der Waals surface area (Å²) in [4.78, 5) is 61.5. The van der Waals surface area contributed by atoms with Gasteiger partial charge in [-0.25, -0.2) is 4.79 Å². The van der Waals surface area contributed by atoms with Crippen molar-refractivity contribution in [2.45, 2.75) is 96.0 Å². The number of carbonyl (C=O) groups is 4. The lowest BCUT2D eigenvalue weighted by molar-refractivity contribution is -0.136. The Hall–Kier alpha value is -8.52. The van der Waals surface area contributed by atoms with Gasteiger partial charge >= 0.3 is 12.1 Å². The maximum atomic E-state index is 11.8. The van der Waals surface area contributed by atoms with Crippen molar-refractivity contribution in [1.29, 1.82) is 0 Å². The average molecular weight is 1160 g/mol. The number of alkyl carbamates (subject to hydrolysis) is 1. The van der Waals surface area contributed by atoms with E-state index in [0.29, 0.717) is 89.2 Å². The minimum Gasteiger partial charge on any atom is -0.493 e. The van der Waals surface area contributed by atoms with Crippen molar-refractivity contribution in [2.75, 3.05) is 95.0 Å². The molecule has 6 aromatic rings. The molecule has 3 saturated heterocycles. The van der Waals surface area contributed by atoms with Crippen LogP contribution in [0.4, 0.5) is 4.79 Å². The minimum atomic E-state index is -1.10. The predicted octanol–water partition coefficient (Wildman–Crippen LogP) is 7.10. The van der Waals surface area contributed by atoms with Crippen molar-refractivity contribution in [1.82, 2.24) is 50.9 Å². The Bertz CT molecular complexity index is 2900. The van der Waals surface area contributed by atoms with Crippen molar-refractivity contribution in [3.63, 3.8) is 0 Å². The number of hydrogen-bond donors (Lipinski definition) is 4. The van der Waals surface area contributed by atoms with Gasteiger partial charge in [-0.1, -0.05) is 22.4 Å². The highest BCUT2D eigenvalue weighted by atomic mass is 16.6. The summed E-state index contributed by atoms with van der Waals surface area (Å²) in [5, 5.41) is 25.9. The highest BCUT2D eigenvalue weighted by molar-refractivity contribution is 5.78. The topological polar surface area (TPSA) is 326 Å². The molecule has 450 valence electrons. The van der Waals surface area contributed by atoms with Crippen LogP contribution >= 0.6 is 0 Å². The molecule has 26 nitrogen and oxygen atoms in total. The third-order valence-electron chi connectivity index (χ3n) is 13.6. The van der Waals surface area contributed by atoms with E-state index in [-0.39, 0.29) is 30.2 Å². The molecular weight excluding hydrogens is 1080 g/mol. The summed E-state index contributed by atoms with van der Waals surface area (Å²) in [7, 11) is 9.58. The van der Waals surface area contributed by atoms with Crippen LogP contribution in [-0.2, 0) is 19.1 Å². The van der Waals surface area contributed by atoms with E-state index in [0.717, 1.165) is 87.3 Å². The first kappa shape index (κ1) is 63.7. The summed E-state index contributed by atoms with van der Waals surface area (Å²) in [6.07, 6.45) is 5.18. The van der Waals surface area contributed by atoms with E-state index in [9.17, 15) is 19.2 Å². The van der Waals surface area contributed by atoms with Crippen LogP contribution < -0.4 is 44.8 Å². The second-order valence-corrected chi connectivity index (χ2v) is 20.2. The van der Waals surface area contributed by atoms with Gasteiger partial charge in [-0.05, 0) is 127 Å². The Morgan fingerprint density at radius 2 is 0.928 bits per heavy atom. The van der Waals surface area contributed by atoms with Crippen molar-refractivity contribution in [2.24, 2.45) is 5.73 Å². The van der Waals surface area contributed by atoms with Gasteiger partial charge in [-0.15, -0.1) is 0 Å². The molecule has 3 aliphatic rings. The van der Waals surface area contributed by atoms with E-state index >= 15 is 0 Å². The molecule has 0 radical (unpaired) electrons. The molecule has 9 rings (SSSR count). The monoisotopic (exact) mass is 1160 g/mol. The van der Waals surface area contributed by atoms with Gasteiger partial charge in [0.2, 0.25) is 47.0 Å². The maximum absolute atomic E-state index is 11.8. The van der Waals surface area contributed by atoms with Gasteiger partial charge in [0.1, 0.15) is 12.1 Å². The number of aliphatic carboxylic acids is 1. The quantitative estimate of drug-likeness (QED) is 0.0750. The molecule has 0 aliphatic carbocycles. The lowest BCUT2D eigenvalue weighted by atomic mass is 9.96. The molecule has 3 aromatic carbocycles. The summed E-state index contributed by atoms with van der Waals surface area (Å²) in [6, 6.07) is 16.6. The van der Waals surface area contributed by atoms with Crippen molar-refractivity contribution in [3.05, 3.63) is 72.3 Å². The number of methoxy groups -OCH3 is 6. The fourth-order valence-corrected chi connectivity index (χ4v) is 9.12. The minimum absolute atomic E-state index is 0.0185. The largest absolute Gasteiger partial charge is 0.493 e. The zero-order valence-corrected chi connectivity index (χ0v) is 48.9. The van der Waals surface area contributed by atoms with Gasteiger partial charge in [-0.3, -0.25) is 14.4 Å². The van der Waals surface area contributed by atoms with Gasteiger partial charge in [0.25, 0.3) is 0 Å². The van der Waals surface area contributed by atoms with E-state index in [1.807, 2.05) is 60.4 Å². The number of amides is 3. The number of nitrogens with zero attached hydrogens (tertiary/aromatic N) is 8. The Labute approximate surface area is 482 Å². The van der Waals surface area contributed by atoms with Gasteiger partial charge in [-0.2, -0.15) is 15.0 Å². The Morgan fingerprint density at radius 3 is 1.24 bits per heavy atom. The van der Waals surface area contributed by atoms with E-state index in [1.165, 1.54) is 0 Å².